The molecule has 0 atom stereocenters. The van der Waals surface area contributed by atoms with E-state index in [1.807, 2.05) is 18.6 Å². The van der Waals surface area contributed by atoms with Crippen molar-refractivity contribution >= 4 is 0 Å². The Morgan fingerprint density at radius 2 is 2.44 bits per heavy atom. The number of hydrogen-bond donors (Lipinski definition) is 0. The summed E-state index contributed by atoms with van der Waals surface area (Å²) in [6.45, 7) is 5.18. The van der Waals surface area contributed by atoms with Crippen LogP contribution in [0.15, 0.2) is 18.6 Å². The van der Waals surface area contributed by atoms with Gasteiger partial charge in [0.1, 0.15) is 11.9 Å². The number of hydrogen-bond acceptors (Lipinski definition) is 1. The molecule has 0 bridgehead atoms. The third-order valence-corrected chi connectivity index (χ3v) is 1.40. The lowest BCUT2D eigenvalue weighted by Gasteiger charge is -1.94. The van der Waals surface area contributed by atoms with Crippen LogP contribution < -0.4 is 4.57 Å². The zero-order chi connectivity index (χ0) is 6.69. The van der Waals surface area contributed by atoms with Crippen molar-refractivity contribution in [2.45, 2.75) is 20.4 Å². The molecular weight excluding hydrogens is 112 g/mol. The standard InChI is InChI=1S/C7H11N2/c1-3-9-6-8-5-4-7(9)2/h4-6H,3H2,1-2H3/q+1. The van der Waals surface area contributed by atoms with Crippen molar-refractivity contribution in [3.05, 3.63) is 24.3 Å². The Morgan fingerprint density at radius 3 is 2.89 bits per heavy atom. The van der Waals surface area contributed by atoms with Gasteiger partial charge in [-0.3, -0.25) is 0 Å². The molecule has 0 aliphatic carbocycles. The Morgan fingerprint density at radius 1 is 1.67 bits per heavy atom. The predicted molar refractivity (Wildman–Crippen MR) is 34.8 cm³/mol. The average Bonchev–Trinajstić information content (AvgIpc) is 1.89. The van der Waals surface area contributed by atoms with Gasteiger partial charge in [0.05, 0.1) is 6.54 Å². The maximum Gasteiger partial charge on any atom is 0.286 e. The van der Waals surface area contributed by atoms with Gasteiger partial charge < -0.3 is 0 Å². The van der Waals surface area contributed by atoms with Crippen LogP contribution in [-0.4, -0.2) is 4.98 Å². The van der Waals surface area contributed by atoms with E-state index in [0.29, 0.717) is 0 Å². The smallest absolute Gasteiger partial charge is 0.235 e. The van der Waals surface area contributed by atoms with Gasteiger partial charge in [-0.1, -0.05) is 4.98 Å². The Bertz CT molecular complexity index is 196. The summed E-state index contributed by atoms with van der Waals surface area (Å²) in [5, 5.41) is 0. The maximum absolute atomic E-state index is 3.98. The van der Waals surface area contributed by atoms with E-state index in [-0.39, 0.29) is 0 Å². The monoisotopic (exact) mass is 123 g/mol. The molecule has 0 aromatic carbocycles. The van der Waals surface area contributed by atoms with E-state index < -0.39 is 0 Å². The quantitative estimate of drug-likeness (QED) is 0.502. The SMILES string of the molecule is CC[n+]1cnccc1C. The fraction of sp³-hybridized carbons (Fsp3) is 0.429. The third kappa shape index (κ3) is 1.25. The summed E-state index contributed by atoms with van der Waals surface area (Å²) in [6, 6.07) is 2.00. The molecule has 0 spiro atoms. The molecule has 0 aliphatic rings. The minimum absolute atomic E-state index is 1.000. The molecule has 1 aromatic heterocycles. The first-order valence-electron chi connectivity index (χ1n) is 3.14. The van der Waals surface area contributed by atoms with Gasteiger partial charge >= 0.3 is 0 Å². The van der Waals surface area contributed by atoms with Crippen molar-refractivity contribution in [1.82, 2.24) is 4.98 Å². The molecule has 0 fully saturated rings. The molecule has 9 heavy (non-hydrogen) atoms. The van der Waals surface area contributed by atoms with Crippen molar-refractivity contribution in [3.8, 4) is 0 Å². The van der Waals surface area contributed by atoms with Crippen molar-refractivity contribution in [1.29, 1.82) is 0 Å². The average molecular weight is 123 g/mol. The zero-order valence-electron chi connectivity index (χ0n) is 5.83. The Balaban J connectivity index is 3.01. The molecule has 0 saturated heterocycles. The fourth-order valence-electron chi connectivity index (χ4n) is 0.788. The van der Waals surface area contributed by atoms with Crippen LogP contribution in [0.1, 0.15) is 12.6 Å². The summed E-state index contributed by atoms with van der Waals surface area (Å²) in [5.41, 5.74) is 1.26. The van der Waals surface area contributed by atoms with Gasteiger partial charge in [-0.15, -0.1) is 0 Å². The Labute approximate surface area is 55.2 Å². The first kappa shape index (κ1) is 6.20. The molecule has 1 heterocycles. The number of rotatable bonds is 1. The molecule has 0 amide bonds. The molecule has 2 heteroatoms. The van der Waals surface area contributed by atoms with Crippen LogP contribution in [0, 0.1) is 6.92 Å². The summed E-state index contributed by atoms with van der Waals surface area (Å²) < 4.78 is 2.10. The molecule has 0 saturated carbocycles. The fourth-order valence-corrected chi connectivity index (χ4v) is 0.788. The van der Waals surface area contributed by atoms with Gasteiger partial charge in [0.2, 0.25) is 0 Å². The maximum atomic E-state index is 3.98. The molecule has 0 unspecified atom stereocenters. The van der Waals surface area contributed by atoms with Gasteiger partial charge in [0, 0.05) is 6.07 Å². The summed E-state index contributed by atoms with van der Waals surface area (Å²) >= 11 is 0. The van der Waals surface area contributed by atoms with Crippen LogP contribution >= 0.6 is 0 Å². The van der Waals surface area contributed by atoms with E-state index >= 15 is 0 Å². The lowest BCUT2D eigenvalue weighted by Crippen LogP contribution is -2.35. The summed E-state index contributed by atoms with van der Waals surface area (Å²) in [5.74, 6) is 0. The van der Waals surface area contributed by atoms with Crippen LogP contribution in [0.25, 0.3) is 0 Å². The summed E-state index contributed by atoms with van der Waals surface area (Å²) in [7, 11) is 0. The molecule has 0 aliphatic heterocycles. The number of nitrogens with zero attached hydrogens (tertiary/aromatic N) is 2. The summed E-state index contributed by atoms with van der Waals surface area (Å²) in [4.78, 5) is 3.98. The van der Waals surface area contributed by atoms with Gasteiger partial charge in [0.25, 0.3) is 6.33 Å². The highest BCUT2D eigenvalue weighted by Gasteiger charge is 1.95. The van der Waals surface area contributed by atoms with E-state index in [2.05, 4.69) is 23.4 Å². The lowest BCUT2D eigenvalue weighted by atomic mass is 10.4. The topological polar surface area (TPSA) is 16.8 Å². The summed E-state index contributed by atoms with van der Waals surface area (Å²) in [6.07, 6.45) is 3.65. The Hall–Kier alpha value is -0.920. The van der Waals surface area contributed by atoms with Crippen LogP contribution in [-0.2, 0) is 6.54 Å². The van der Waals surface area contributed by atoms with E-state index in [1.165, 1.54) is 5.69 Å². The van der Waals surface area contributed by atoms with Gasteiger partial charge in [-0.25, -0.2) is 4.57 Å². The number of aryl methyl sites for hydroxylation is 2. The van der Waals surface area contributed by atoms with Gasteiger partial charge in [-0.05, 0) is 13.8 Å². The minimum Gasteiger partial charge on any atom is -0.235 e. The van der Waals surface area contributed by atoms with Gasteiger partial charge in [0.15, 0.2) is 0 Å². The Kier molecular flexibility index (Phi) is 1.78. The normalized spacial score (nSPS) is 9.56. The van der Waals surface area contributed by atoms with Crippen molar-refractivity contribution < 1.29 is 4.57 Å². The molecule has 0 N–H and O–H groups in total. The highest BCUT2D eigenvalue weighted by molar-refractivity contribution is 4.86. The lowest BCUT2D eigenvalue weighted by molar-refractivity contribution is -0.702. The second-order valence-electron chi connectivity index (χ2n) is 2.01. The largest absolute Gasteiger partial charge is 0.286 e. The van der Waals surface area contributed by atoms with Crippen LogP contribution in [0.3, 0.4) is 0 Å². The van der Waals surface area contributed by atoms with Crippen molar-refractivity contribution in [2.75, 3.05) is 0 Å². The highest BCUT2D eigenvalue weighted by Crippen LogP contribution is 1.82. The van der Waals surface area contributed by atoms with E-state index in [0.717, 1.165) is 6.54 Å². The molecule has 2 nitrogen and oxygen atoms in total. The van der Waals surface area contributed by atoms with Crippen LogP contribution in [0.4, 0.5) is 0 Å². The molecule has 48 valence electrons. The van der Waals surface area contributed by atoms with Gasteiger partial charge in [-0.2, -0.15) is 0 Å². The molecule has 0 radical (unpaired) electrons. The predicted octanol–water partition coefficient (Wildman–Crippen LogP) is 0.697. The third-order valence-electron chi connectivity index (χ3n) is 1.40. The minimum atomic E-state index is 1.000. The van der Waals surface area contributed by atoms with Crippen LogP contribution in [0.2, 0.25) is 0 Å². The second kappa shape index (κ2) is 2.58. The first-order chi connectivity index (χ1) is 4.34. The zero-order valence-corrected chi connectivity index (χ0v) is 5.83. The second-order valence-corrected chi connectivity index (χ2v) is 2.01. The van der Waals surface area contributed by atoms with E-state index in [4.69, 9.17) is 0 Å². The van der Waals surface area contributed by atoms with E-state index in [9.17, 15) is 0 Å². The number of aromatic nitrogens is 2. The molecule has 1 rings (SSSR count). The van der Waals surface area contributed by atoms with E-state index in [1.54, 1.807) is 0 Å². The van der Waals surface area contributed by atoms with Crippen LogP contribution in [0.5, 0.6) is 0 Å². The van der Waals surface area contributed by atoms with Crippen molar-refractivity contribution in [2.24, 2.45) is 0 Å². The molecule has 1 aromatic rings. The highest BCUT2D eigenvalue weighted by atomic mass is 15.0. The molecular formula is C7H11N2+. The van der Waals surface area contributed by atoms with Crippen molar-refractivity contribution in [3.63, 3.8) is 0 Å². The first-order valence-corrected chi connectivity index (χ1v) is 3.14.